The van der Waals surface area contributed by atoms with E-state index in [0.717, 1.165) is 24.2 Å². The van der Waals surface area contributed by atoms with Crippen molar-refractivity contribution in [3.8, 4) is 5.88 Å². The van der Waals surface area contributed by atoms with E-state index in [-0.39, 0.29) is 6.10 Å². The highest BCUT2D eigenvalue weighted by molar-refractivity contribution is 5.53. The van der Waals surface area contributed by atoms with E-state index in [4.69, 9.17) is 10.5 Å². The van der Waals surface area contributed by atoms with Gasteiger partial charge in [-0.05, 0) is 50.7 Å². The van der Waals surface area contributed by atoms with Gasteiger partial charge in [-0.25, -0.2) is 0 Å². The highest BCUT2D eigenvalue weighted by Gasteiger charge is 2.19. The maximum atomic E-state index is 5.89. The second-order valence-electron chi connectivity index (χ2n) is 6.43. The van der Waals surface area contributed by atoms with Crippen LogP contribution < -0.4 is 15.8 Å². The summed E-state index contributed by atoms with van der Waals surface area (Å²) in [6, 6.07) is 3.79. The smallest absolute Gasteiger partial charge is 0.239 e. The molecule has 0 aromatic carbocycles. The van der Waals surface area contributed by atoms with Gasteiger partial charge in [0.25, 0.3) is 0 Å². The van der Waals surface area contributed by atoms with Crippen LogP contribution in [0.5, 0.6) is 5.88 Å². The first kappa shape index (κ1) is 15.9. The Hall–Kier alpha value is -1.45. The van der Waals surface area contributed by atoms with Gasteiger partial charge in [0.1, 0.15) is 5.82 Å². The molecule has 0 aliphatic heterocycles. The van der Waals surface area contributed by atoms with Crippen LogP contribution >= 0.6 is 0 Å². The molecule has 21 heavy (non-hydrogen) atoms. The number of hydrogen-bond donors (Lipinski definition) is 2. The second kappa shape index (κ2) is 7.53. The Morgan fingerprint density at radius 1 is 1.24 bits per heavy atom. The van der Waals surface area contributed by atoms with Gasteiger partial charge in [-0.2, -0.15) is 4.98 Å². The Labute approximate surface area is 128 Å². The van der Waals surface area contributed by atoms with Crippen LogP contribution in [0.4, 0.5) is 11.5 Å². The van der Waals surface area contributed by atoms with Crippen LogP contribution in [-0.2, 0) is 0 Å². The number of nitrogens with zero attached hydrogens (tertiary/aromatic N) is 1. The van der Waals surface area contributed by atoms with Gasteiger partial charge in [-0.1, -0.05) is 26.2 Å². The van der Waals surface area contributed by atoms with Gasteiger partial charge in [0.15, 0.2) is 0 Å². The molecule has 4 nitrogen and oxygen atoms in total. The number of nitrogen functional groups attached to an aromatic ring is 1. The predicted octanol–water partition coefficient (Wildman–Crippen LogP) is 4.08. The van der Waals surface area contributed by atoms with Gasteiger partial charge in [0.2, 0.25) is 5.88 Å². The van der Waals surface area contributed by atoms with E-state index in [1.54, 1.807) is 0 Å². The standard InChI is InChI=1S/C17H29N3O/c1-4-13-5-7-14(8-6-13)11-19-16-10-9-15(18)17(20-16)21-12(2)3/h9-10,12-14H,4-8,11,18H2,1-3H3,(H,19,20). The molecule has 3 N–H and O–H groups in total. The topological polar surface area (TPSA) is 60.2 Å². The number of nitrogens with two attached hydrogens (primary N) is 1. The minimum absolute atomic E-state index is 0.0828. The normalized spacial score (nSPS) is 22.3. The van der Waals surface area contributed by atoms with Gasteiger partial charge in [0, 0.05) is 6.54 Å². The first-order valence-electron chi connectivity index (χ1n) is 8.25. The Morgan fingerprint density at radius 3 is 2.52 bits per heavy atom. The SMILES string of the molecule is CCC1CCC(CNc2ccc(N)c(OC(C)C)n2)CC1. The van der Waals surface area contributed by atoms with E-state index < -0.39 is 0 Å². The Balaban J connectivity index is 1.86. The number of pyridine rings is 1. The van der Waals surface area contributed by atoms with Gasteiger partial charge < -0.3 is 15.8 Å². The lowest BCUT2D eigenvalue weighted by Gasteiger charge is -2.28. The third-order valence-corrected chi connectivity index (χ3v) is 4.35. The molecular formula is C17H29N3O. The zero-order chi connectivity index (χ0) is 15.2. The Bertz CT molecular complexity index is 440. The van der Waals surface area contributed by atoms with Gasteiger partial charge >= 0.3 is 0 Å². The van der Waals surface area contributed by atoms with Crippen molar-refractivity contribution in [3.05, 3.63) is 12.1 Å². The molecule has 0 unspecified atom stereocenters. The number of aromatic nitrogens is 1. The van der Waals surface area contributed by atoms with E-state index in [2.05, 4.69) is 17.2 Å². The fraction of sp³-hybridized carbons (Fsp3) is 0.706. The summed E-state index contributed by atoms with van der Waals surface area (Å²) in [5, 5.41) is 3.44. The van der Waals surface area contributed by atoms with Crippen molar-refractivity contribution in [2.24, 2.45) is 11.8 Å². The highest BCUT2D eigenvalue weighted by Crippen LogP contribution is 2.31. The highest BCUT2D eigenvalue weighted by atomic mass is 16.5. The van der Waals surface area contributed by atoms with Crippen molar-refractivity contribution in [2.45, 2.75) is 59.0 Å². The van der Waals surface area contributed by atoms with E-state index in [1.807, 2.05) is 26.0 Å². The summed E-state index contributed by atoms with van der Waals surface area (Å²) >= 11 is 0. The molecule has 1 aromatic rings. The van der Waals surface area contributed by atoms with E-state index in [0.29, 0.717) is 11.6 Å². The third kappa shape index (κ3) is 4.80. The molecular weight excluding hydrogens is 262 g/mol. The molecule has 1 aliphatic carbocycles. The first-order chi connectivity index (χ1) is 10.1. The molecule has 1 aliphatic rings. The number of ether oxygens (including phenoxy) is 1. The lowest BCUT2D eigenvalue weighted by molar-refractivity contribution is 0.234. The summed E-state index contributed by atoms with van der Waals surface area (Å²) in [6.07, 6.45) is 6.82. The molecule has 0 atom stereocenters. The Kier molecular flexibility index (Phi) is 5.71. The fourth-order valence-corrected chi connectivity index (χ4v) is 2.96. The van der Waals surface area contributed by atoms with E-state index in [1.165, 1.54) is 32.1 Å². The molecule has 1 heterocycles. The van der Waals surface area contributed by atoms with Crippen molar-refractivity contribution < 1.29 is 4.74 Å². The van der Waals surface area contributed by atoms with Crippen LogP contribution in [0.25, 0.3) is 0 Å². The summed E-state index contributed by atoms with van der Waals surface area (Å²) in [5.41, 5.74) is 6.49. The van der Waals surface area contributed by atoms with Crippen molar-refractivity contribution in [1.29, 1.82) is 0 Å². The first-order valence-corrected chi connectivity index (χ1v) is 8.25. The van der Waals surface area contributed by atoms with Crippen LogP contribution in [-0.4, -0.2) is 17.6 Å². The average Bonchev–Trinajstić information content (AvgIpc) is 2.48. The monoisotopic (exact) mass is 291 g/mol. The van der Waals surface area contributed by atoms with Crippen molar-refractivity contribution in [2.75, 3.05) is 17.6 Å². The number of hydrogen-bond acceptors (Lipinski definition) is 4. The minimum Gasteiger partial charge on any atom is -0.473 e. The maximum Gasteiger partial charge on any atom is 0.239 e. The zero-order valence-electron chi connectivity index (χ0n) is 13.6. The fourth-order valence-electron chi connectivity index (χ4n) is 2.96. The molecule has 0 saturated heterocycles. The zero-order valence-corrected chi connectivity index (χ0v) is 13.6. The largest absolute Gasteiger partial charge is 0.473 e. The number of rotatable bonds is 6. The van der Waals surface area contributed by atoms with Gasteiger partial charge in [-0.3, -0.25) is 0 Å². The van der Waals surface area contributed by atoms with Crippen molar-refractivity contribution >= 4 is 11.5 Å². The number of nitrogens with one attached hydrogen (secondary N) is 1. The van der Waals surface area contributed by atoms with Crippen LogP contribution in [0.15, 0.2) is 12.1 Å². The molecule has 1 aromatic heterocycles. The summed E-state index contributed by atoms with van der Waals surface area (Å²) < 4.78 is 5.63. The molecule has 0 spiro atoms. The molecule has 0 bridgehead atoms. The number of anilines is 2. The minimum atomic E-state index is 0.0828. The van der Waals surface area contributed by atoms with Crippen LogP contribution in [0, 0.1) is 11.8 Å². The molecule has 1 fully saturated rings. The van der Waals surface area contributed by atoms with Crippen LogP contribution in [0.3, 0.4) is 0 Å². The molecule has 0 amide bonds. The summed E-state index contributed by atoms with van der Waals surface area (Å²) in [6.45, 7) is 7.26. The average molecular weight is 291 g/mol. The lowest BCUT2D eigenvalue weighted by Crippen LogP contribution is -2.21. The molecule has 2 rings (SSSR count). The summed E-state index contributed by atoms with van der Waals surface area (Å²) in [5.74, 6) is 3.10. The van der Waals surface area contributed by atoms with Gasteiger partial charge in [-0.15, -0.1) is 0 Å². The summed E-state index contributed by atoms with van der Waals surface area (Å²) in [4.78, 5) is 4.47. The molecule has 0 radical (unpaired) electrons. The van der Waals surface area contributed by atoms with Crippen molar-refractivity contribution in [3.63, 3.8) is 0 Å². The predicted molar refractivity (Wildman–Crippen MR) is 88.6 cm³/mol. The van der Waals surface area contributed by atoms with Crippen LogP contribution in [0.1, 0.15) is 52.9 Å². The molecule has 4 heteroatoms. The van der Waals surface area contributed by atoms with Gasteiger partial charge in [0.05, 0.1) is 11.8 Å². The quantitative estimate of drug-likeness (QED) is 0.829. The molecule has 1 saturated carbocycles. The van der Waals surface area contributed by atoms with Crippen LogP contribution in [0.2, 0.25) is 0 Å². The maximum absolute atomic E-state index is 5.89. The Morgan fingerprint density at radius 2 is 1.90 bits per heavy atom. The van der Waals surface area contributed by atoms with E-state index in [9.17, 15) is 0 Å². The van der Waals surface area contributed by atoms with Crippen molar-refractivity contribution in [1.82, 2.24) is 4.98 Å². The third-order valence-electron chi connectivity index (χ3n) is 4.35. The second-order valence-corrected chi connectivity index (χ2v) is 6.43. The van der Waals surface area contributed by atoms with E-state index >= 15 is 0 Å². The summed E-state index contributed by atoms with van der Waals surface area (Å²) in [7, 11) is 0. The molecule has 118 valence electrons. The lowest BCUT2D eigenvalue weighted by atomic mass is 9.81.